The Morgan fingerprint density at radius 2 is 1.73 bits per heavy atom. The average molecular weight is 294 g/mol. The van der Waals surface area contributed by atoms with E-state index in [1.165, 1.54) is 17.7 Å². The van der Waals surface area contributed by atoms with Gasteiger partial charge in [0.25, 0.3) is 0 Å². The molecule has 0 atom stereocenters. The summed E-state index contributed by atoms with van der Waals surface area (Å²) >= 11 is 0. The molecule has 0 aliphatic carbocycles. The van der Waals surface area contributed by atoms with Crippen LogP contribution in [0.1, 0.15) is 22.8 Å². The minimum absolute atomic E-state index is 0.221. The molecule has 110 valence electrons. The van der Waals surface area contributed by atoms with Crippen LogP contribution >= 0.6 is 0 Å². The lowest BCUT2D eigenvalue weighted by molar-refractivity contribution is 0.0697. The summed E-state index contributed by atoms with van der Waals surface area (Å²) in [6, 6.07) is 14.3. The maximum atomic E-state index is 10.8. The first-order valence-electron chi connectivity index (χ1n) is 6.94. The number of hydrogen-bond acceptors (Lipinski definition) is 4. The number of aryl methyl sites for hydroxylation is 1. The van der Waals surface area contributed by atoms with Crippen LogP contribution in [0.25, 0.3) is 22.9 Å². The van der Waals surface area contributed by atoms with Crippen LogP contribution in [-0.4, -0.2) is 21.3 Å². The zero-order valence-electron chi connectivity index (χ0n) is 12.0. The number of aromatic nitrogens is 2. The summed E-state index contributed by atoms with van der Waals surface area (Å²) < 4.78 is 5.69. The molecule has 0 amide bonds. The Hall–Kier alpha value is -2.95. The Balaban J connectivity index is 1.91. The molecule has 2 aromatic carbocycles. The highest BCUT2D eigenvalue weighted by atomic mass is 16.4. The number of carboxylic acid groups (broad SMARTS) is 1. The fourth-order valence-corrected chi connectivity index (χ4v) is 2.14. The van der Waals surface area contributed by atoms with Crippen LogP contribution < -0.4 is 0 Å². The van der Waals surface area contributed by atoms with Crippen LogP contribution in [0.2, 0.25) is 0 Å². The number of hydrogen-bond donors (Lipinski definition) is 1. The van der Waals surface area contributed by atoms with Gasteiger partial charge in [0, 0.05) is 11.1 Å². The van der Waals surface area contributed by atoms with Crippen molar-refractivity contribution in [1.82, 2.24) is 10.2 Å². The summed E-state index contributed by atoms with van der Waals surface area (Å²) in [7, 11) is 0. The normalized spacial score (nSPS) is 10.6. The predicted octanol–water partition coefficient (Wildman–Crippen LogP) is 3.66. The van der Waals surface area contributed by atoms with E-state index in [0.29, 0.717) is 17.3 Å². The lowest BCUT2D eigenvalue weighted by Crippen LogP contribution is -1.94. The van der Waals surface area contributed by atoms with Gasteiger partial charge < -0.3 is 9.52 Å². The van der Waals surface area contributed by atoms with Crippen molar-refractivity contribution in [3.63, 3.8) is 0 Å². The molecule has 0 aliphatic rings. The molecule has 0 saturated heterocycles. The number of carbonyl (C=O) groups is 1. The van der Waals surface area contributed by atoms with Gasteiger partial charge in [-0.3, -0.25) is 0 Å². The number of aromatic carboxylic acids is 1. The molecule has 0 saturated carbocycles. The van der Waals surface area contributed by atoms with Gasteiger partial charge in [0.15, 0.2) is 0 Å². The first-order chi connectivity index (χ1) is 10.7. The molecule has 1 aromatic heterocycles. The quantitative estimate of drug-likeness (QED) is 0.794. The van der Waals surface area contributed by atoms with Crippen molar-refractivity contribution in [3.05, 3.63) is 59.7 Å². The van der Waals surface area contributed by atoms with Gasteiger partial charge in [-0.05, 0) is 48.4 Å². The molecule has 0 unspecified atom stereocenters. The SMILES string of the molecule is CCc1cccc(-c2nnc(-c3ccc(C(=O)O)cc3)o2)c1. The van der Waals surface area contributed by atoms with Crippen molar-refractivity contribution in [2.75, 3.05) is 0 Å². The number of nitrogens with zero attached hydrogens (tertiary/aromatic N) is 2. The first-order valence-corrected chi connectivity index (χ1v) is 6.94. The minimum atomic E-state index is -0.964. The highest BCUT2D eigenvalue weighted by Crippen LogP contribution is 2.24. The Morgan fingerprint density at radius 1 is 1.05 bits per heavy atom. The predicted molar refractivity (Wildman–Crippen MR) is 81.5 cm³/mol. The second-order valence-corrected chi connectivity index (χ2v) is 4.85. The van der Waals surface area contributed by atoms with Crippen LogP contribution in [0.5, 0.6) is 0 Å². The maximum Gasteiger partial charge on any atom is 0.335 e. The van der Waals surface area contributed by atoms with Crippen molar-refractivity contribution in [2.45, 2.75) is 13.3 Å². The molecule has 0 radical (unpaired) electrons. The standard InChI is InChI=1S/C17H14N2O3/c1-2-11-4-3-5-14(10-11)16-19-18-15(22-16)12-6-8-13(9-7-12)17(20)21/h3-10H,2H2,1H3,(H,20,21). The average Bonchev–Trinajstić information content (AvgIpc) is 3.05. The van der Waals surface area contributed by atoms with E-state index in [1.54, 1.807) is 12.1 Å². The summed E-state index contributed by atoms with van der Waals surface area (Å²) in [5, 5.41) is 17.0. The van der Waals surface area contributed by atoms with E-state index >= 15 is 0 Å². The van der Waals surface area contributed by atoms with Crippen LogP contribution in [0, 0.1) is 0 Å². The number of carboxylic acids is 1. The zero-order chi connectivity index (χ0) is 15.5. The summed E-state index contributed by atoms with van der Waals surface area (Å²) in [4.78, 5) is 10.8. The maximum absolute atomic E-state index is 10.8. The Bertz CT molecular complexity index is 807. The fraction of sp³-hybridized carbons (Fsp3) is 0.118. The number of rotatable bonds is 4. The van der Waals surface area contributed by atoms with Gasteiger partial charge in [-0.1, -0.05) is 19.1 Å². The van der Waals surface area contributed by atoms with E-state index in [1.807, 2.05) is 24.3 Å². The van der Waals surface area contributed by atoms with Crippen molar-refractivity contribution in [2.24, 2.45) is 0 Å². The van der Waals surface area contributed by atoms with Crippen molar-refractivity contribution < 1.29 is 14.3 Å². The second kappa shape index (κ2) is 5.81. The molecule has 3 aromatic rings. The minimum Gasteiger partial charge on any atom is -0.478 e. The van der Waals surface area contributed by atoms with Crippen LogP contribution in [0.15, 0.2) is 52.9 Å². The second-order valence-electron chi connectivity index (χ2n) is 4.85. The molecular formula is C17H14N2O3. The van der Waals surface area contributed by atoms with E-state index in [0.717, 1.165) is 12.0 Å². The lowest BCUT2D eigenvalue weighted by atomic mass is 10.1. The number of benzene rings is 2. The van der Waals surface area contributed by atoms with Gasteiger partial charge in [0.1, 0.15) is 0 Å². The largest absolute Gasteiger partial charge is 0.478 e. The Labute approximate surface area is 127 Å². The smallest absolute Gasteiger partial charge is 0.335 e. The fourth-order valence-electron chi connectivity index (χ4n) is 2.14. The van der Waals surface area contributed by atoms with Gasteiger partial charge in [0.2, 0.25) is 11.8 Å². The van der Waals surface area contributed by atoms with E-state index < -0.39 is 5.97 Å². The molecule has 0 fully saturated rings. The summed E-state index contributed by atoms with van der Waals surface area (Å²) in [6.07, 6.45) is 0.936. The molecule has 0 bridgehead atoms. The van der Waals surface area contributed by atoms with Crippen molar-refractivity contribution in [3.8, 4) is 22.9 Å². The summed E-state index contributed by atoms with van der Waals surface area (Å²) in [6.45, 7) is 2.09. The molecule has 0 spiro atoms. The van der Waals surface area contributed by atoms with E-state index in [2.05, 4.69) is 17.1 Å². The molecule has 1 N–H and O–H groups in total. The van der Waals surface area contributed by atoms with Gasteiger partial charge in [-0.15, -0.1) is 10.2 Å². The first kappa shape index (κ1) is 14.0. The monoisotopic (exact) mass is 294 g/mol. The third-order valence-corrected chi connectivity index (χ3v) is 3.39. The van der Waals surface area contributed by atoms with Gasteiger partial charge in [-0.2, -0.15) is 0 Å². The zero-order valence-corrected chi connectivity index (χ0v) is 12.0. The molecule has 3 rings (SSSR count). The van der Waals surface area contributed by atoms with E-state index in [4.69, 9.17) is 9.52 Å². The van der Waals surface area contributed by atoms with E-state index in [-0.39, 0.29) is 5.56 Å². The van der Waals surface area contributed by atoms with E-state index in [9.17, 15) is 4.79 Å². The van der Waals surface area contributed by atoms with Gasteiger partial charge in [0.05, 0.1) is 5.56 Å². The molecule has 1 heterocycles. The molecule has 5 nitrogen and oxygen atoms in total. The molecular weight excluding hydrogens is 280 g/mol. The van der Waals surface area contributed by atoms with Crippen LogP contribution in [-0.2, 0) is 6.42 Å². The van der Waals surface area contributed by atoms with Crippen LogP contribution in [0.3, 0.4) is 0 Å². The van der Waals surface area contributed by atoms with Crippen LogP contribution in [0.4, 0.5) is 0 Å². The third kappa shape index (κ3) is 2.74. The third-order valence-electron chi connectivity index (χ3n) is 3.39. The Kier molecular flexibility index (Phi) is 3.70. The highest BCUT2D eigenvalue weighted by Gasteiger charge is 2.11. The molecule has 5 heteroatoms. The molecule has 22 heavy (non-hydrogen) atoms. The van der Waals surface area contributed by atoms with Gasteiger partial charge in [-0.25, -0.2) is 4.79 Å². The summed E-state index contributed by atoms with van der Waals surface area (Å²) in [5.41, 5.74) is 2.98. The highest BCUT2D eigenvalue weighted by molar-refractivity contribution is 5.88. The lowest BCUT2D eigenvalue weighted by Gasteiger charge is -1.99. The summed E-state index contributed by atoms with van der Waals surface area (Å²) in [5.74, 6) is -0.143. The van der Waals surface area contributed by atoms with Crippen molar-refractivity contribution in [1.29, 1.82) is 0 Å². The Morgan fingerprint density at radius 3 is 2.36 bits per heavy atom. The molecule has 0 aliphatic heterocycles. The topological polar surface area (TPSA) is 76.2 Å². The van der Waals surface area contributed by atoms with Crippen molar-refractivity contribution >= 4 is 5.97 Å². The van der Waals surface area contributed by atoms with Gasteiger partial charge >= 0.3 is 5.97 Å².